The molecule has 37 heavy (non-hydrogen) atoms. The molecule has 4 rings (SSSR count). The van der Waals surface area contributed by atoms with Crippen LogP contribution in [-0.2, 0) is 42.9 Å². The first-order chi connectivity index (χ1) is 17.1. The van der Waals surface area contributed by atoms with Crippen LogP contribution < -0.4 is 0 Å². The summed E-state index contributed by atoms with van der Waals surface area (Å²) in [4.78, 5) is 63.5. The number of fused-ring (bicyclic) bond motifs is 3. The topological polar surface area (TPSA) is 122 Å². The molecule has 0 aromatic heterocycles. The molecule has 0 aromatic rings. The van der Waals surface area contributed by atoms with E-state index in [1.165, 1.54) is 27.7 Å². The maximum Gasteiger partial charge on any atom is 0.303 e. The molecule has 0 N–H and O–H groups in total. The Morgan fingerprint density at radius 2 is 1.38 bits per heavy atom. The van der Waals surface area contributed by atoms with Gasteiger partial charge in [0.05, 0.1) is 5.41 Å². The van der Waals surface area contributed by atoms with Gasteiger partial charge in [0.15, 0.2) is 11.9 Å². The Hall–Kier alpha value is -2.71. The Morgan fingerprint density at radius 3 is 1.92 bits per heavy atom. The Morgan fingerprint density at radius 1 is 0.838 bits per heavy atom. The SMILES string of the molecule is C=C1[C@@H]2C[C@H](OC(C)=O)[C@H]3[C@]4(C)CC[C@H](OC(C)=O)C(C)(C)[C@H]4C(=O)[C@H](OC(C)=O)[C@]3(C2)[C@@H]1OC(C)=O. The highest BCUT2D eigenvalue weighted by molar-refractivity contribution is 5.91. The van der Waals surface area contributed by atoms with E-state index in [-0.39, 0.29) is 11.7 Å². The van der Waals surface area contributed by atoms with E-state index in [9.17, 15) is 24.0 Å². The van der Waals surface area contributed by atoms with Crippen molar-refractivity contribution in [2.45, 2.75) is 98.6 Å². The molecule has 4 aliphatic carbocycles. The largest absolute Gasteiger partial charge is 0.462 e. The summed E-state index contributed by atoms with van der Waals surface area (Å²) < 4.78 is 23.3. The molecule has 4 fully saturated rings. The van der Waals surface area contributed by atoms with E-state index >= 15 is 0 Å². The standard InChI is InChI=1S/C28H38O9/c1-13-18-11-19(34-14(2)29)22-27(8)10-9-20(35-15(3)30)26(6,7)23(27)21(33)25(37-17(5)32)28(22,12-18)24(13)36-16(4)31/h18-20,22-25H,1,9-12H2,2-8H3/t18-,19+,20+,22+,23-,24-,25+,27+,28+/m1/s1. The highest BCUT2D eigenvalue weighted by atomic mass is 16.6. The number of ether oxygens (including phenoxy) is 4. The minimum Gasteiger partial charge on any atom is -0.462 e. The summed E-state index contributed by atoms with van der Waals surface area (Å²) in [6, 6.07) is 0. The third-order valence-corrected chi connectivity index (χ3v) is 9.53. The molecule has 0 aromatic carbocycles. The molecular formula is C28H38O9. The fourth-order valence-electron chi connectivity index (χ4n) is 8.82. The Balaban J connectivity index is 1.97. The van der Waals surface area contributed by atoms with E-state index in [2.05, 4.69) is 6.58 Å². The van der Waals surface area contributed by atoms with E-state index in [4.69, 9.17) is 18.9 Å². The van der Waals surface area contributed by atoms with E-state index in [0.717, 1.165) is 0 Å². The van der Waals surface area contributed by atoms with Crippen molar-refractivity contribution in [3.8, 4) is 0 Å². The van der Waals surface area contributed by atoms with Crippen LogP contribution in [0.15, 0.2) is 12.2 Å². The monoisotopic (exact) mass is 518 g/mol. The summed E-state index contributed by atoms with van der Waals surface area (Å²) >= 11 is 0. The van der Waals surface area contributed by atoms with Gasteiger partial charge in [-0.05, 0) is 42.6 Å². The molecule has 2 bridgehead atoms. The van der Waals surface area contributed by atoms with Gasteiger partial charge >= 0.3 is 23.9 Å². The first-order valence-corrected chi connectivity index (χ1v) is 13.0. The maximum absolute atomic E-state index is 14.6. The molecule has 0 heterocycles. The third kappa shape index (κ3) is 4.00. The molecule has 4 saturated carbocycles. The zero-order valence-corrected chi connectivity index (χ0v) is 22.8. The zero-order valence-electron chi connectivity index (χ0n) is 22.8. The van der Waals surface area contributed by atoms with Crippen molar-refractivity contribution in [2.24, 2.45) is 34.0 Å². The number of esters is 4. The summed E-state index contributed by atoms with van der Waals surface area (Å²) in [7, 11) is 0. The van der Waals surface area contributed by atoms with E-state index in [0.29, 0.717) is 31.3 Å². The average molecular weight is 519 g/mol. The number of Topliss-reactive ketones (excluding diaryl/α,β-unsaturated/α-hetero) is 1. The van der Waals surface area contributed by atoms with Crippen molar-refractivity contribution in [3.63, 3.8) is 0 Å². The second-order valence-electron chi connectivity index (χ2n) is 12.2. The Kier molecular flexibility index (Phi) is 6.61. The van der Waals surface area contributed by atoms with Gasteiger partial charge in [-0.3, -0.25) is 24.0 Å². The molecule has 9 nitrogen and oxygen atoms in total. The molecule has 9 atom stereocenters. The summed E-state index contributed by atoms with van der Waals surface area (Å²) in [5, 5.41) is 0. The molecule has 1 spiro atoms. The highest BCUT2D eigenvalue weighted by Crippen LogP contribution is 2.72. The lowest BCUT2D eigenvalue weighted by atomic mass is 9.38. The second-order valence-corrected chi connectivity index (χ2v) is 12.2. The first-order valence-electron chi connectivity index (χ1n) is 13.0. The molecule has 9 heteroatoms. The average Bonchev–Trinajstić information content (AvgIpc) is 2.94. The molecule has 0 amide bonds. The van der Waals surface area contributed by atoms with Crippen molar-refractivity contribution in [1.29, 1.82) is 0 Å². The van der Waals surface area contributed by atoms with Gasteiger partial charge in [-0.25, -0.2) is 0 Å². The van der Waals surface area contributed by atoms with Gasteiger partial charge in [0.1, 0.15) is 18.3 Å². The lowest BCUT2D eigenvalue weighted by molar-refractivity contribution is -0.255. The van der Waals surface area contributed by atoms with Gasteiger partial charge in [-0.15, -0.1) is 0 Å². The molecule has 204 valence electrons. The number of rotatable bonds is 4. The van der Waals surface area contributed by atoms with Crippen molar-refractivity contribution < 1.29 is 42.9 Å². The van der Waals surface area contributed by atoms with Crippen molar-refractivity contribution >= 4 is 29.7 Å². The molecule has 0 saturated heterocycles. The summed E-state index contributed by atoms with van der Waals surface area (Å²) in [5.41, 5.74) is -2.03. The molecular weight excluding hydrogens is 480 g/mol. The van der Waals surface area contributed by atoms with Crippen LogP contribution in [0.2, 0.25) is 0 Å². The summed E-state index contributed by atoms with van der Waals surface area (Å²) in [6.07, 6.45) is -1.34. The zero-order chi connectivity index (χ0) is 27.7. The smallest absolute Gasteiger partial charge is 0.303 e. The quantitative estimate of drug-likeness (QED) is 0.313. The maximum atomic E-state index is 14.6. The van der Waals surface area contributed by atoms with Crippen LogP contribution in [0.1, 0.15) is 74.1 Å². The van der Waals surface area contributed by atoms with Crippen LogP contribution >= 0.6 is 0 Å². The van der Waals surface area contributed by atoms with Gasteiger partial charge in [0.2, 0.25) is 0 Å². The molecule has 4 aliphatic rings. The number of carbonyl (C=O) groups excluding carboxylic acids is 5. The minimum absolute atomic E-state index is 0.179. The number of ketones is 1. The Labute approximate surface area is 217 Å². The predicted molar refractivity (Wildman–Crippen MR) is 130 cm³/mol. The van der Waals surface area contributed by atoms with Gasteiger partial charge in [-0.2, -0.15) is 0 Å². The molecule has 0 unspecified atom stereocenters. The highest BCUT2D eigenvalue weighted by Gasteiger charge is 2.78. The van der Waals surface area contributed by atoms with Crippen LogP contribution in [0.3, 0.4) is 0 Å². The lowest BCUT2D eigenvalue weighted by Crippen LogP contribution is -2.73. The second kappa shape index (κ2) is 8.95. The summed E-state index contributed by atoms with van der Waals surface area (Å²) in [5.74, 6) is -3.68. The van der Waals surface area contributed by atoms with E-state index in [1.54, 1.807) is 0 Å². The minimum atomic E-state index is -1.24. The molecule has 0 aliphatic heterocycles. The predicted octanol–water partition coefficient (Wildman–Crippen LogP) is 3.32. The normalized spacial score (nSPS) is 41.6. The van der Waals surface area contributed by atoms with Gasteiger partial charge in [-0.1, -0.05) is 27.4 Å². The first kappa shape index (κ1) is 27.3. The third-order valence-electron chi connectivity index (χ3n) is 9.53. The summed E-state index contributed by atoms with van der Waals surface area (Å²) in [6.45, 7) is 15.3. The van der Waals surface area contributed by atoms with Crippen LogP contribution in [0.5, 0.6) is 0 Å². The lowest BCUT2D eigenvalue weighted by Gasteiger charge is -2.66. The van der Waals surface area contributed by atoms with Crippen LogP contribution in [0.25, 0.3) is 0 Å². The van der Waals surface area contributed by atoms with Gasteiger partial charge < -0.3 is 18.9 Å². The fourth-order valence-corrected chi connectivity index (χ4v) is 8.82. The van der Waals surface area contributed by atoms with Crippen molar-refractivity contribution in [1.82, 2.24) is 0 Å². The fraction of sp³-hybridized carbons (Fsp3) is 0.750. The van der Waals surface area contributed by atoms with Gasteiger partial charge in [0, 0.05) is 44.9 Å². The van der Waals surface area contributed by atoms with Crippen molar-refractivity contribution in [2.75, 3.05) is 0 Å². The van der Waals surface area contributed by atoms with Crippen LogP contribution in [0.4, 0.5) is 0 Å². The van der Waals surface area contributed by atoms with Crippen LogP contribution in [0, 0.1) is 34.0 Å². The van der Waals surface area contributed by atoms with E-state index in [1.807, 2.05) is 20.8 Å². The van der Waals surface area contributed by atoms with Crippen LogP contribution in [-0.4, -0.2) is 54.1 Å². The van der Waals surface area contributed by atoms with Gasteiger partial charge in [0.25, 0.3) is 0 Å². The molecule has 0 radical (unpaired) electrons. The number of hydrogen-bond acceptors (Lipinski definition) is 9. The number of carbonyl (C=O) groups is 5. The number of hydrogen-bond donors (Lipinski definition) is 0. The Bertz CT molecular complexity index is 1060. The van der Waals surface area contributed by atoms with Crippen molar-refractivity contribution in [3.05, 3.63) is 12.2 Å². The van der Waals surface area contributed by atoms with E-state index < -0.39 is 76.4 Å².